The lowest BCUT2D eigenvalue weighted by atomic mass is 10.0. The van der Waals surface area contributed by atoms with Gasteiger partial charge in [0, 0.05) is 31.6 Å². The normalized spacial score (nSPS) is 11.3. The number of hydrogen-bond donors (Lipinski definition) is 3. The Balaban J connectivity index is 1.59. The fourth-order valence-corrected chi connectivity index (χ4v) is 4.75. The second-order valence-electron chi connectivity index (χ2n) is 10.4. The number of carbonyl (C=O) groups excluding carboxylic acids is 3. The largest absolute Gasteiger partial charge is 0.497 e. The molecular formula is C36H40N4O5. The van der Waals surface area contributed by atoms with Crippen molar-refractivity contribution in [1.82, 2.24) is 15.5 Å². The minimum absolute atomic E-state index is 0.101. The lowest BCUT2D eigenvalue weighted by Crippen LogP contribution is -2.54. The molecule has 0 spiro atoms. The van der Waals surface area contributed by atoms with Crippen LogP contribution >= 0.6 is 0 Å². The number of rotatable bonds is 14. The first-order chi connectivity index (χ1) is 21.9. The van der Waals surface area contributed by atoms with Gasteiger partial charge in [-0.15, -0.1) is 0 Å². The molecule has 4 aromatic carbocycles. The van der Waals surface area contributed by atoms with Crippen LogP contribution in [0, 0.1) is 0 Å². The molecule has 4 aromatic rings. The third-order valence-corrected chi connectivity index (χ3v) is 7.31. The fourth-order valence-electron chi connectivity index (χ4n) is 4.75. The molecule has 4 amide bonds. The van der Waals surface area contributed by atoms with Crippen LogP contribution in [-0.4, -0.2) is 49.0 Å². The summed E-state index contributed by atoms with van der Waals surface area (Å²) in [7, 11) is 1.59. The van der Waals surface area contributed by atoms with Gasteiger partial charge in [-0.2, -0.15) is 0 Å². The summed E-state index contributed by atoms with van der Waals surface area (Å²) in [5.74, 6) is 0.495. The van der Waals surface area contributed by atoms with Crippen LogP contribution in [0.5, 0.6) is 11.5 Å². The highest BCUT2D eigenvalue weighted by molar-refractivity contribution is 6.01. The van der Waals surface area contributed by atoms with Crippen molar-refractivity contribution in [2.24, 2.45) is 5.73 Å². The van der Waals surface area contributed by atoms with Crippen molar-refractivity contribution in [3.05, 3.63) is 131 Å². The van der Waals surface area contributed by atoms with Crippen molar-refractivity contribution >= 4 is 17.8 Å². The number of carbonyl (C=O) groups is 3. The van der Waals surface area contributed by atoms with E-state index in [2.05, 4.69) is 10.6 Å². The van der Waals surface area contributed by atoms with Crippen molar-refractivity contribution in [1.29, 1.82) is 0 Å². The molecule has 0 heterocycles. The Hall–Kier alpha value is -5.15. The highest BCUT2D eigenvalue weighted by Crippen LogP contribution is 2.16. The van der Waals surface area contributed by atoms with E-state index in [0.717, 1.165) is 22.3 Å². The fraction of sp³-hybridized carbons (Fsp3) is 0.250. The van der Waals surface area contributed by atoms with E-state index in [1.807, 2.05) is 85.8 Å². The average Bonchev–Trinajstić information content (AvgIpc) is 3.08. The van der Waals surface area contributed by atoms with Gasteiger partial charge in [-0.3, -0.25) is 14.5 Å². The zero-order chi connectivity index (χ0) is 32.0. The standard InChI is InChI=1S/C36H40N4O5/c1-3-45-32-19-15-27(16-20-32)23-33(39-34(41)30-7-5-4-6-8-30)35(42)40(22-21-26-13-17-31(44-2)18-14-26)36(43)38-25-29-11-9-28(24-37)10-12-29/h4-20,33H,3,21-25,37H2,1-2H3,(H,38,43)(H,39,41)/t33-/m1/s1. The number of hydrogen-bond acceptors (Lipinski definition) is 6. The quantitative estimate of drug-likeness (QED) is 0.188. The Morgan fingerprint density at radius 1 is 0.778 bits per heavy atom. The number of nitrogens with one attached hydrogen (secondary N) is 2. The third kappa shape index (κ3) is 9.67. The number of ether oxygens (including phenoxy) is 2. The van der Waals surface area contributed by atoms with E-state index in [1.165, 1.54) is 4.90 Å². The minimum Gasteiger partial charge on any atom is -0.497 e. The van der Waals surface area contributed by atoms with E-state index < -0.39 is 23.9 Å². The number of methoxy groups -OCH3 is 1. The molecule has 0 saturated heterocycles. The molecular weight excluding hydrogens is 568 g/mol. The molecule has 9 nitrogen and oxygen atoms in total. The molecule has 0 unspecified atom stereocenters. The van der Waals surface area contributed by atoms with Gasteiger partial charge in [-0.05, 0) is 72.0 Å². The first-order valence-corrected chi connectivity index (χ1v) is 15.0. The number of nitrogens with two attached hydrogens (primary N) is 1. The molecule has 0 radical (unpaired) electrons. The summed E-state index contributed by atoms with van der Waals surface area (Å²) >= 11 is 0. The van der Waals surface area contributed by atoms with Gasteiger partial charge in [0.2, 0.25) is 0 Å². The van der Waals surface area contributed by atoms with E-state index in [1.54, 1.807) is 31.4 Å². The maximum atomic E-state index is 14.2. The van der Waals surface area contributed by atoms with Gasteiger partial charge in [-0.25, -0.2) is 4.79 Å². The SMILES string of the molecule is CCOc1ccc(C[C@@H](NC(=O)c2ccccc2)C(=O)N(CCc2ccc(OC)cc2)C(=O)NCc2ccc(CN)cc2)cc1. The molecule has 0 saturated carbocycles. The molecule has 4 N–H and O–H groups in total. The second kappa shape index (κ2) is 16.6. The molecule has 45 heavy (non-hydrogen) atoms. The van der Waals surface area contributed by atoms with Crippen molar-refractivity contribution in [3.63, 3.8) is 0 Å². The van der Waals surface area contributed by atoms with Gasteiger partial charge in [0.1, 0.15) is 17.5 Å². The lowest BCUT2D eigenvalue weighted by Gasteiger charge is -2.27. The van der Waals surface area contributed by atoms with Gasteiger partial charge in [0.15, 0.2) is 0 Å². The zero-order valence-electron chi connectivity index (χ0n) is 25.7. The summed E-state index contributed by atoms with van der Waals surface area (Å²) < 4.78 is 10.8. The zero-order valence-corrected chi connectivity index (χ0v) is 25.7. The molecule has 0 aliphatic rings. The maximum absolute atomic E-state index is 14.2. The number of amides is 4. The van der Waals surface area contributed by atoms with Gasteiger partial charge < -0.3 is 25.8 Å². The van der Waals surface area contributed by atoms with Gasteiger partial charge in [-0.1, -0.05) is 66.7 Å². The summed E-state index contributed by atoms with van der Waals surface area (Å²) in [6.45, 7) is 3.18. The summed E-state index contributed by atoms with van der Waals surface area (Å²) in [5, 5.41) is 5.77. The van der Waals surface area contributed by atoms with Crippen molar-refractivity contribution in [2.75, 3.05) is 20.3 Å². The van der Waals surface area contributed by atoms with Crippen LogP contribution in [0.1, 0.15) is 39.5 Å². The minimum atomic E-state index is -1.01. The monoisotopic (exact) mass is 608 g/mol. The maximum Gasteiger partial charge on any atom is 0.324 e. The Bertz CT molecular complexity index is 1520. The Labute approximate surface area is 264 Å². The van der Waals surface area contributed by atoms with E-state index >= 15 is 0 Å². The van der Waals surface area contributed by atoms with Crippen LogP contribution in [0.25, 0.3) is 0 Å². The predicted molar refractivity (Wildman–Crippen MR) is 174 cm³/mol. The summed E-state index contributed by atoms with van der Waals surface area (Å²) in [5.41, 5.74) is 9.70. The Morgan fingerprint density at radius 2 is 1.38 bits per heavy atom. The molecule has 0 aromatic heterocycles. The van der Waals surface area contributed by atoms with Crippen LogP contribution in [0.3, 0.4) is 0 Å². The summed E-state index contributed by atoms with van der Waals surface area (Å²) in [6.07, 6.45) is 0.591. The highest BCUT2D eigenvalue weighted by Gasteiger charge is 2.30. The molecule has 0 bridgehead atoms. The highest BCUT2D eigenvalue weighted by atomic mass is 16.5. The first kappa shape index (κ1) is 32.8. The topological polar surface area (TPSA) is 123 Å². The third-order valence-electron chi connectivity index (χ3n) is 7.31. The van der Waals surface area contributed by atoms with E-state index in [0.29, 0.717) is 36.6 Å². The second-order valence-corrected chi connectivity index (χ2v) is 10.4. The Kier molecular flexibility index (Phi) is 12.1. The summed E-state index contributed by atoms with van der Waals surface area (Å²) in [6, 6.07) is 29.5. The molecule has 4 rings (SSSR count). The van der Waals surface area contributed by atoms with Crippen LogP contribution in [-0.2, 0) is 30.7 Å². The van der Waals surface area contributed by atoms with Crippen LogP contribution in [0.15, 0.2) is 103 Å². The van der Waals surface area contributed by atoms with Crippen molar-refractivity contribution in [3.8, 4) is 11.5 Å². The number of benzene rings is 4. The molecule has 0 fully saturated rings. The Morgan fingerprint density at radius 3 is 2.00 bits per heavy atom. The lowest BCUT2D eigenvalue weighted by molar-refractivity contribution is -0.130. The molecule has 0 aliphatic heterocycles. The molecule has 234 valence electrons. The molecule has 0 aliphatic carbocycles. The smallest absolute Gasteiger partial charge is 0.324 e. The van der Waals surface area contributed by atoms with Gasteiger partial charge in [0.25, 0.3) is 11.8 Å². The molecule has 1 atom stereocenters. The summed E-state index contributed by atoms with van der Waals surface area (Å²) in [4.78, 5) is 42.3. The van der Waals surface area contributed by atoms with Gasteiger partial charge in [0.05, 0.1) is 13.7 Å². The van der Waals surface area contributed by atoms with E-state index in [-0.39, 0.29) is 19.5 Å². The van der Waals surface area contributed by atoms with Crippen molar-refractivity contribution < 1.29 is 23.9 Å². The number of urea groups is 1. The molecule has 9 heteroatoms. The van der Waals surface area contributed by atoms with Crippen LogP contribution in [0.2, 0.25) is 0 Å². The van der Waals surface area contributed by atoms with Crippen molar-refractivity contribution in [2.45, 2.75) is 38.9 Å². The van der Waals surface area contributed by atoms with Crippen LogP contribution in [0.4, 0.5) is 4.79 Å². The van der Waals surface area contributed by atoms with E-state index in [4.69, 9.17) is 15.2 Å². The predicted octanol–water partition coefficient (Wildman–Crippen LogP) is 4.87. The number of imide groups is 1. The first-order valence-electron chi connectivity index (χ1n) is 15.0. The average molecular weight is 609 g/mol. The number of nitrogens with zero attached hydrogens (tertiary/aromatic N) is 1. The van der Waals surface area contributed by atoms with Crippen LogP contribution < -0.4 is 25.8 Å². The van der Waals surface area contributed by atoms with Gasteiger partial charge >= 0.3 is 6.03 Å². The van der Waals surface area contributed by atoms with E-state index in [9.17, 15) is 14.4 Å².